The third-order valence-electron chi connectivity index (χ3n) is 19.2. The standard InChI is InChI=1S/C23H33F3N4O2.C21H33BrO2.C3H2F3N3/c1-21(32)9-7-14-13(11-21)3-4-16-15(14)8-10-22(2)17(16)5-6-18(22)19(31)12-30-28-20(27-29-30)23(24,25)26;1-20(24)9-7-14-13(11-20)3-4-16-15(14)8-10-21(2)17(16)5-6-18(21)19(23)12-22;4-3(5,6)2-1-7-9-8-2/h13-18,32H,3-12H2,1-2H3;13-18,24H,3-12H2,1-2H3;1H2/t13-,14+,15-,16-,17+,18-,21-,22+;13-,14+,15-,16-,17+,18-,20-,21+;/m11./s1. The Morgan fingerprint density at radius 3 is 1.55 bits per heavy atom. The lowest BCUT2D eigenvalue weighted by Gasteiger charge is -2.56. The van der Waals surface area contributed by atoms with Crippen LogP contribution in [-0.4, -0.2) is 77.0 Å². The number of aromatic nitrogens is 4. The number of hydrogen-bond acceptors (Lipinski definition) is 10. The molecule has 2 N–H and O–H groups in total. The number of alkyl halides is 7. The first-order valence-electron chi connectivity index (χ1n) is 24.4. The monoisotopic (exact) mass is 987 g/mol. The Morgan fingerprint density at radius 2 is 1.14 bits per heavy atom. The zero-order valence-corrected chi connectivity index (χ0v) is 39.9. The number of fused-ring (bicyclic) bond motifs is 10. The molecule has 8 saturated carbocycles. The number of ketones is 2. The smallest absolute Gasteiger partial charge is 0.390 e. The van der Waals surface area contributed by atoms with Crippen molar-refractivity contribution in [1.29, 1.82) is 0 Å². The molecule has 0 bridgehead atoms. The number of rotatable bonds is 5. The molecule has 0 spiro atoms. The Morgan fingerprint density at radius 1 is 0.646 bits per heavy atom. The van der Waals surface area contributed by atoms with Gasteiger partial charge < -0.3 is 10.2 Å². The second-order valence-corrected chi connectivity index (χ2v) is 23.4. The quantitative estimate of drug-likeness (QED) is 0.220. The van der Waals surface area contributed by atoms with Gasteiger partial charge in [-0.1, -0.05) is 29.8 Å². The summed E-state index contributed by atoms with van der Waals surface area (Å²) in [5, 5.41) is 40.1. The number of carbonyl (C=O) groups is 2. The molecule has 65 heavy (non-hydrogen) atoms. The molecule has 8 aliphatic carbocycles. The summed E-state index contributed by atoms with van der Waals surface area (Å²) in [6, 6.07) is 0. The average molecular weight is 989 g/mol. The van der Waals surface area contributed by atoms with Crippen LogP contribution in [0.2, 0.25) is 0 Å². The van der Waals surface area contributed by atoms with E-state index in [4.69, 9.17) is 0 Å². The van der Waals surface area contributed by atoms with Crippen LogP contribution in [0, 0.1) is 81.8 Å². The molecule has 0 aromatic carbocycles. The van der Waals surface area contributed by atoms with Gasteiger partial charge in [0, 0.05) is 11.8 Å². The first-order valence-corrected chi connectivity index (χ1v) is 25.5. The van der Waals surface area contributed by atoms with Gasteiger partial charge in [-0.2, -0.15) is 36.3 Å². The molecule has 1 aliphatic heterocycles. The van der Waals surface area contributed by atoms with Gasteiger partial charge in [-0.05, 0) is 210 Å². The molecule has 2 heterocycles. The Bertz CT molecular complexity index is 1980. The summed E-state index contributed by atoms with van der Waals surface area (Å²) in [6.07, 6.45) is 11.0. The van der Waals surface area contributed by atoms with Crippen molar-refractivity contribution < 1.29 is 46.1 Å². The van der Waals surface area contributed by atoms with Gasteiger partial charge in [0.15, 0.2) is 11.5 Å². The zero-order valence-electron chi connectivity index (χ0n) is 38.3. The fraction of sp³-hybridized carbons (Fsp3) is 0.915. The van der Waals surface area contributed by atoms with E-state index in [1.165, 1.54) is 44.9 Å². The van der Waals surface area contributed by atoms with Gasteiger partial charge in [0.25, 0.3) is 5.82 Å². The van der Waals surface area contributed by atoms with E-state index in [1.54, 1.807) is 0 Å². The molecule has 10 rings (SSSR count). The fourth-order valence-corrected chi connectivity index (χ4v) is 16.7. The van der Waals surface area contributed by atoms with E-state index >= 15 is 0 Å². The Labute approximate surface area is 386 Å². The van der Waals surface area contributed by atoms with Gasteiger partial charge in [0.2, 0.25) is 0 Å². The number of nitrogens with zero attached hydrogens (tertiary/aromatic N) is 7. The van der Waals surface area contributed by atoms with Crippen molar-refractivity contribution in [1.82, 2.24) is 20.2 Å². The molecule has 8 fully saturated rings. The van der Waals surface area contributed by atoms with Crippen LogP contribution in [0.3, 0.4) is 0 Å². The van der Waals surface area contributed by atoms with E-state index < -0.39 is 41.6 Å². The highest BCUT2D eigenvalue weighted by Crippen LogP contribution is 2.66. The molecule has 364 valence electrons. The largest absolute Gasteiger partial charge is 0.455 e. The van der Waals surface area contributed by atoms with Crippen molar-refractivity contribution in [3.05, 3.63) is 5.82 Å². The van der Waals surface area contributed by atoms with E-state index in [0.717, 1.165) is 105 Å². The van der Waals surface area contributed by atoms with Gasteiger partial charge in [-0.15, -0.1) is 15.3 Å². The molecular weight excluding hydrogens is 920 g/mol. The molecule has 0 unspecified atom stereocenters. The Kier molecular flexibility index (Phi) is 13.7. The molecule has 18 heteroatoms. The van der Waals surface area contributed by atoms with Crippen molar-refractivity contribution in [2.75, 3.05) is 11.9 Å². The average Bonchev–Trinajstić information content (AvgIpc) is 4.06. The van der Waals surface area contributed by atoms with Crippen molar-refractivity contribution in [3.8, 4) is 0 Å². The van der Waals surface area contributed by atoms with Gasteiger partial charge in [-0.25, -0.2) is 0 Å². The third kappa shape index (κ3) is 9.80. The first-order chi connectivity index (χ1) is 30.4. The molecule has 0 saturated heterocycles. The predicted molar refractivity (Wildman–Crippen MR) is 232 cm³/mol. The summed E-state index contributed by atoms with van der Waals surface area (Å²) in [5.74, 6) is 6.41. The van der Waals surface area contributed by atoms with E-state index in [0.29, 0.717) is 46.6 Å². The number of aliphatic hydroxyl groups is 2. The third-order valence-corrected chi connectivity index (χ3v) is 19.7. The second-order valence-electron chi connectivity index (χ2n) is 22.8. The summed E-state index contributed by atoms with van der Waals surface area (Å²) in [4.78, 5) is 26.4. The topological polar surface area (TPSA) is 155 Å². The molecule has 0 radical (unpaired) electrons. The van der Waals surface area contributed by atoms with Crippen molar-refractivity contribution in [2.45, 2.75) is 173 Å². The van der Waals surface area contributed by atoms with Crippen LogP contribution in [-0.2, 0) is 22.3 Å². The van der Waals surface area contributed by atoms with Crippen LogP contribution in [0.5, 0.6) is 0 Å². The highest BCUT2D eigenvalue weighted by molar-refractivity contribution is 9.09. The minimum atomic E-state index is -4.66. The summed E-state index contributed by atoms with van der Waals surface area (Å²) >= 11 is 3.42. The molecule has 0 amide bonds. The molecule has 1 aromatic heterocycles. The maximum Gasteiger partial charge on any atom is 0.455 e. The van der Waals surface area contributed by atoms with Crippen molar-refractivity contribution in [3.63, 3.8) is 0 Å². The van der Waals surface area contributed by atoms with Gasteiger partial charge >= 0.3 is 12.4 Å². The van der Waals surface area contributed by atoms with Crippen LogP contribution in [0.4, 0.5) is 26.3 Å². The van der Waals surface area contributed by atoms with Gasteiger partial charge in [-0.3, -0.25) is 9.59 Å². The summed E-state index contributed by atoms with van der Waals surface area (Å²) in [7, 11) is 0. The Balaban J connectivity index is 0.000000153. The van der Waals surface area contributed by atoms with Gasteiger partial charge in [0.1, 0.15) is 18.9 Å². The summed E-state index contributed by atoms with van der Waals surface area (Å²) in [6.45, 7) is 8.00. The fourth-order valence-electron chi connectivity index (χ4n) is 16.3. The highest BCUT2D eigenvalue weighted by Gasteiger charge is 2.60. The molecular formula is C47H68BrF6N7O4. The van der Waals surface area contributed by atoms with E-state index in [2.05, 4.69) is 60.6 Å². The summed E-state index contributed by atoms with van der Waals surface area (Å²) in [5.41, 5.74) is -1.71. The maximum absolute atomic E-state index is 13.2. The van der Waals surface area contributed by atoms with Crippen LogP contribution < -0.4 is 0 Å². The van der Waals surface area contributed by atoms with Crippen molar-refractivity contribution >= 4 is 33.2 Å². The van der Waals surface area contributed by atoms with Crippen LogP contribution >= 0.6 is 15.9 Å². The molecule has 11 nitrogen and oxygen atoms in total. The van der Waals surface area contributed by atoms with Crippen LogP contribution in [0.15, 0.2) is 15.4 Å². The number of carbonyl (C=O) groups excluding carboxylic acids is 2. The maximum atomic E-state index is 13.2. The summed E-state index contributed by atoms with van der Waals surface area (Å²) < 4.78 is 72.8. The lowest BCUT2D eigenvalue weighted by molar-refractivity contribution is -0.145. The van der Waals surface area contributed by atoms with E-state index in [9.17, 15) is 46.1 Å². The number of halogens is 7. The molecule has 16 atom stereocenters. The lowest BCUT2D eigenvalue weighted by Crippen LogP contribution is -2.51. The van der Waals surface area contributed by atoms with Gasteiger partial charge in [0.05, 0.1) is 16.5 Å². The predicted octanol–water partition coefficient (Wildman–Crippen LogP) is 10.6. The van der Waals surface area contributed by atoms with E-state index in [-0.39, 0.29) is 29.1 Å². The Hall–Kier alpha value is -2.34. The normalized spacial score (nSPS) is 44.0. The first kappa shape index (κ1) is 49.1. The molecule has 1 aromatic rings. The number of Topliss-reactive ketones (excluding diaryl/α,β-unsaturated/α-hetero) is 2. The minimum Gasteiger partial charge on any atom is -0.390 e. The van der Waals surface area contributed by atoms with Crippen LogP contribution in [0.1, 0.15) is 149 Å². The SMILES string of the molecule is C[C@@]1(O)CC[C@H]2[C@H](CC[C@@H]3[C@@H]2CC[C@]2(C)[C@@H](C(=O)CBr)CC[C@@H]32)C1.C[C@@]1(O)CC[C@H]2[C@H](CC[C@@H]3[C@@H]2CC[C@]2(C)[C@@H](C(=O)Cn4nnc(C(F)(F)F)n4)CC[C@@H]32)C1.FC(F)(F)C1=NN=NC1. The molecule has 9 aliphatic rings. The number of hydrogen-bond donors (Lipinski definition) is 2. The van der Waals surface area contributed by atoms with E-state index in [1.807, 2.05) is 13.8 Å². The van der Waals surface area contributed by atoms with Crippen LogP contribution in [0.25, 0.3) is 0 Å². The second kappa shape index (κ2) is 18.2. The van der Waals surface area contributed by atoms with Crippen molar-refractivity contribution in [2.24, 2.45) is 97.3 Å². The number of tetrazole rings is 1. The highest BCUT2D eigenvalue weighted by atomic mass is 79.9. The lowest BCUT2D eigenvalue weighted by atomic mass is 9.49. The minimum absolute atomic E-state index is 0.0676. The zero-order chi connectivity index (χ0) is 46.9.